The molecule has 0 amide bonds. The summed E-state index contributed by atoms with van der Waals surface area (Å²) >= 11 is 13.8. The first-order valence-electron chi connectivity index (χ1n) is 6.91. The van der Waals surface area contributed by atoms with Crippen LogP contribution in [0.2, 0.25) is 5.02 Å². The molecule has 0 aliphatic carbocycles. The number of benzene rings is 2. The van der Waals surface area contributed by atoms with E-state index < -0.39 is 0 Å². The molecule has 0 bridgehead atoms. The van der Waals surface area contributed by atoms with E-state index in [9.17, 15) is 0 Å². The highest BCUT2D eigenvalue weighted by atomic mass is 79.9. The molecule has 0 aromatic heterocycles. The minimum absolute atomic E-state index is 0.107. The predicted molar refractivity (Wildman–Crippen MR) is 100 cm³/mol. The van der Waals surface area contributed by atoms with Gasteiger partial charge in [0.05, 0.1) is 4.83 Å². The van der Waals surface area contributed by atoms with E-state index in [1.165, 1.54) is 33.4 Å². The Hall–Kier alpha value is -0.310. The monoisotopic (exact) mass is 428 g/mol. The third-order valence-corrected chi connectivity index (χ3v) is 6.32. The smallest absolute Gasteiger partial charge is 0.0664 e. The van der Waals surface area contributed by atoms with Crippen molar-refractivity contribution >= 4 is 43.5 Å². The lowest BCUT2D eigenvalue weighted by molar-refractivity contribution is 1.06. The predicted octanol–water partition coefficient (Wildman–Crippen LogP) is 7.13. The molecule has 112 valence electrons. The van der Waals surface area contributed by atoms with Gasteiger partial charge in [-0.25, -0.2) is 0 Å². The van der Waals surface area contributed by atoms with Gasteiger partial charge in [-0.2, -0.15) is 0 Å². The zero-order chi connectivity index (χ0) is 15.9. The highest BCUT2D eigenvalue weighted by molar-refractivity contribution is 9.10. The number of hydrogen-bond donors (Lipinski definition) is 0. The van der Waals surface area contributed by atoms with Crippen LogP contribution in [0.25, 0.3) is 0 Å². The molecule has 0 saturated heterocycles. The second-order valence-corrected chi connectivity index (χ2v) is 7.81. The first-order chi connectivity index (χ1) is 9.75. The SMILES string of the molecule is Cc1c(C)c(C)c(C(Br)c2ccc(Br)cc2Cl)c(C)c1C. The summed E-state index contributed by atoms with van der Waals surface area (Å²) in [7, 11) is 0. The van der Waals surface area contributed by atoms with Crippen LogP contribution in [0.3, 0.4) is 0 Å². The fourth-order valence-corrected chi connectivity index (χ4v) is 4.77. The van der Waals surface area contributed by atoms with Crippen LogP contribution >= 0.6 is 43.5 Å². The second kappa shape index (κ2) is 6.44. The molecule has 2 aromatic rings. The Morgan fingerprint density at radius 3 is 1.81 bits per heavy atom. The summed E-state index contributed by atoms with van der Waals surface area (Å²) in [5, 5.41) is 0.779. The summed E-state index contributed by atoms with van der Waals surface area (Å²) in [6.07, 6.45) is 0. The van der Waals surface area contributed by atoms with Gasteiger partial charge < -0.3 is 0 Å². The third-order valence-electron chi connectivity index (χ3n) is 4.55. The minimum atomic E-state index is 0.107. The van der Waals surface area contributed by atoms with Gasteiger partial charge in [-0.05, 0) is 85.7 Å². The van der Waals surface area contributed by atoms with E-state index in [0.717, 1.165) is 15.1 Å². The highest BCUT2D eigenvalue weighted by Crippen LogP contribution is 2.41. The third kappa shape index (κ3) is 3.09. The van der Waals surface area contributed by atoms with Gasteiger partial charge in [0.1, 0.15) is 0 Å². The number of halogens is 3. The van der Waals surface area contributed by atoms with Crippen LogP contribution in [0, 0.1) is 34.6 Å². The summed E-state index contributed by atoms with van der Waals surface area (Å²) in [6.45, 7) is 11.0. The van der Waals surface area contributed by atoms with Crippen LogP contribution in [-0.4, -0.2) is 0 Å². The molecule has 0 spiro atoms. The van der Waals surface area contributed by atoms with Crippen molar-refractivity contribution < 1.29 is 0 Å². The van der Waals surface area contributed by atoms with Crippen molar-refractivity contribution in [2.45, 2.75) is 39.4 Å². The topological polar surface area (TPSA) is 0 Å². The Labute approximate surface area is 149 Å². The molecule has 1 atom stereocenters. The van der Waals surface area contributed by atoms with E-state index in [1.807, 2.05) is 12.1 Å². The van der Waals surface area contributed by atoms with E-state index in [4.69, 9.17) is 11.6 Å². The van der Waals surface area contributed by atoms with Crippen LogP contribution in [-0.2, 0) is 0 Å². The van der Waals surface area contributed by atoms with Crippen molar-refractivity contribution in [1.29, 1.82) is 0 Å². The van der Waals surface area contributed by atoms with E-state index >= 15 is 0 Å². The Bertz CT molecular complexity index is 676. The van der Waals surface area contributed by atoms with Crippen LogP contribution in [0.15, 0.2) is 22.7 Å². The van der Waals surface area contributed by atoms with Crippen LogP contribution in [0.1, 0.15) is 43.8 Å². The molecule has 0 aliphatic rings. The molecular formula is C18H19Br2Cl. The maximum atomic E-state index is 6.43. The van der Waals surface area contributed by atoms with Gasteiger partial charge in [0.2, 0.25) is 0 Å². The van der Waals surface area contributed by atoms with Gasteiger partial charge in [-0.1, -0.05) is 49.5 Å². The fourth-order valence-electron chi connectivity index (χ4n) is 2.77. The van der Waals surface area contributed by atoms with E-state index in [0.29, 0.717) is 0 Å². The van der Waals surface area contributed by atoms with Crippen LogP contribution < -0.4 is 0 Å². The normalized spacial score (nSPS) is 12.6. The van der Waals surface area contributed by atoms with Crippen molar-refractivity contribution in [2.75, 3.05) is 0 Å². The van der Waals surface area contributed by atoms with E-state index in [2.05, 4.69) is 72.5 Å². The lowest BCUT2D eigenvalue weighted by Gasteiger charge is -2.23. The molecule has 2 aromatic carbocycles. The zero-order valence-corrected chi connectivity index (χ0v) is 16.9. The molecule has 3 heteroatoms. The molecule has 2 rings (SSSR count). The highest BCUT2D eigenvalue weighted by Gasteiger charge is 2.21. The minimum Gasteiger partial charge on any atom is -0.0839 e. The average molecular weight is 431 g/mol. The first kappa shape index (κ1) is 17.1. The number of alkyl halides is 1. The second-order valence-electron chi connectivity index (χ2n) is 5.57. The van der Waals surface area contributed by atoms with Crippen molar-refractivity contribution in [3.8, 4) is 0 Å². The van der Waals surface area contributed by atoms with Gasteiger partial charge in [0, 0.05) is 9.50 Å². The molecule has 0 saturated carbocycles. The van der Waals surface area contributed by atoms with Gasteiger partial charge >= 0.3 is 0 Å². The lowest BCUT2D eigenvalue weighted by atomic mass is 9.87. The number of hydrogen-bond acceptors (Lipinski definition) is 0. The van der Waals surface area contributed by atoms with Gasteiger partial charge in [0.15, 0.2) is 0 Å². The van der Waals surface area contributed by atoms with Gasteiger partial charge in [-0.15, -0.1) is 0 Å². The average Bonchev–Trinajstić information content (AvgIpc) is 2.43. The molecule has 0 aliphatic heterocycles. The Kier molecular flexibility index (Phi) is 5.23. The van der Waals surface area contributed by atoms with Gasteiger partial charge in [0.25, 0.3) is 0 Å². The summed E-state index contributed by atoms with van der Waals surface area (Å²) < 4.78 is 1.00. The quantitative estimate of drug-likeness (QED) is 0.445. The Balaban J connectivity index is 2.66. The Morgan fingerprint density at radius 2 is 1.33 bits per heavy atom. The molecule has 0 N–H and O–H groups in total. The zero-order valence-electron chi connectivity index (χ0n) is 12.9. The van der Waals surface area contributed by atoms with Gasteiger partial charge in [-0.3, -0.25) is 0 Å². The van der Waals surface area contributed by atoms with Crippen molar-refractivity contribution in [3.63, 3.8) is 0 Å². The molecule has 0 fully saturated rings. The van der Waals surface area contributed by atoms with Crippen LogP contribution in [0.4, 0.5) is 0 Å². The largest absolute Gasteiger partial charge is 0.0839 e. The number of rotatable bonds is 2. The van der Waals surface area contributed by atoms with Crippen molar-refractivity contribution in [3.05, 3.63) is 66.6 Å². The Morgan fingerprint density at radius 1 is 0.857 bits per heavy atom. The molecule has 0 radical (unpaired) electrons. The fraction of sp³-hybridized carbons (Fsp3) is 0.333. The molecular weight excluding hydrogens is 411 g/mol. The molecule has 1 unspecified atom stereocenters. The summed E-state index contributed by atoms with van der Waals surface area (Å²) in [5.74, 6) is 0. The van der Waals surface area contributed by atoms with E-state index in [-0.39, 0.29) is 4.83 Å². The lowest BCUT2D eigenvalue weighted by Crippen LogP contribution is -2.06. The van der Waals surface area contributed by atoms with Crippen molar-refractivity contribution in [1.82, 2.24) is 0 Å². The molecule has 21 heavy (non-hydrogen) atoms. The maximum absolute atomic E-state index is 6.43. The maximum Gasteiger partial charge on any atom is 0.0664 e. The van der Waals surface area contributed by atoms with Crippen LogP contribution in [0.5, 0.6) is 0 Å². The first-order valence-corrected chi connectivity index (χ1v) is 9.00. The summed E-state index contributed by atoms with van der Waals surface area (Å²) in [5.41, 5.74) is 9.24. The summed E-state index contributed by atoms with van der Waals surface area (Å²) in [6, 6.07) is 6.06. The molecule has 0 heterocycles. The molecule has 0 nitrogen and oxygen atoms in total. The van der Waals surface area contributed by atoms with Crippen molar-refractivity contribution in [2.24, 2.45) is 0 Å². The standard InChI is InChI=1S/C18H19Br2Cl/c1-9-10(2)12(4)17(13(5)11(9)3)18(20)15-7-6-14(19)8-16(15)21/h6-8,18H,1-5H3. The summed E-state index contributed by atoms with van der Waals surface area (Å²) in [4.78, 5) is 0.107. The van der Waals surface area contributed by atoms with E-state index in [1.54, 1.807) is 0 Å².